The summed E-state index contributed by atoms with van der Waals surface area (Å²) in [7, 11) is 0. The maximum atomic E-state index is 5.97. The molecule has 0 saturated carbocycles. The molecule has 0 aromatic rings. The average molecular weight is 198 g/mol. The lowest BCUT2D eigenvalue weighted by Crippen LogP contribution is -2.31. The van der Waals surface area contributed by atoms with Crippen molar-refractivity contribution in [3.63, 3.8) is 0 Å². The summed E-state index contributed by atoms with van der Waals surface area (Å²) in [4.78, 5) is 2.40. The Kier molecular flexibility index (Phi) is 7.81. The molecular weight excluding hydrogens is 172 g/mol. The van der Waals surface area contributed by atoms with E-state index >= 15 is 0 Å². The SMILES string of the molecule is C=C(C)CN(CC)CCC(N)CCC. The predicted molar refractivity (Wildman–Crippen MR) is 64.4 cm³/mol. The second-order valence-corrected chi connectivity index (χ2v) is 4.16. The quantitative estimate of drug-likeness (QED) is 0.607. The van der Waals surface area contributed by atoms with E-state index in [2.05, 4.69) is 32.3 Å². The van der Waals surface area contributed by atoms with Gasteiger partial charge in [-0.25, -0.2) is 0 Å². The van der Waals surface area contributed by atoms with Gasteiger partial charge in [0.2, 0.25) is 0 Å². The van der Waals surface area contributed by atoms with Crippen molar-refractivity contribution < 1.29 is 0 Å². The Bertz CT molecular complexity index is 154. The van der Waals surface area contributed by atoms with Gasteiger partial charge in [-0.3, -0.25) is 4.90 Å². The second kappa shape index (κ2) is 8.01. The third-order valence-electron chi connectivity index (χ3n) is 2.42. The Balaban J connectivity index is 3.66. The smallest absolute Gasteiger partial charge is 0.0187 e. The number of likely N-dealkylation sites (N-methyl/N-ethyl adjacent to an activating group) is 1. The molecule has 14 heavy (non-hydrogen) atoms. The topological polar surface area (TPSA) is 29.3 Å². The zero-order valence-corrected chi connectivity index (χ0v) is 10.1. The summed E-state index contributed by atoms with van der Waals surface area (Å²) >= 11 is 0. The van der Waals surface area contributed by atoms with Crippen LogP contribution in [0.4, 0.5) is 0 Å². The molecular formula is C12H26N2. The standard InChI is InChI=1S/C12H26N2/c1-5-7-12(13)8-9-14(6-2)10-11(3)4/h12H,3,5-10,13H2,1-2,4H3. The van der Waals surface area contributed by atoms with Gasteiger partial charge in [0, 0.05) is 12.6 Å². The minimum atomic E-state index is 0.374. The Labute approximate surface area is 89.2 Å². The third kappa shape index (κ3) is 7.10. The van der Waals surface area contributed by atoms with E-state index in [1.54, 1.807) is 0 Å². The van der Waals surface area contributed by atoms with Crippen LogP contribution in [0.3, 0.4) is 0 Å². The first kappa shape index (κ1) is 13.7. The van der Waals surface area contributed by atoms with E-state index in [1.165, 1.54) is 12.0 Å². The normalized spacial score (nSPS) is 13.2. The molecule has 2 nitrogen and oxygen atoms in total. The Hall–Kier alpha value is -0.340. The summed E-state index contributed by atoms with van der Waals surface area (Å²) in [5.41, 5.74) is 7.20. The van der Waals surface area contributed by atoms with Crippen LogP contribution >= 0.6 is 0 Å². The average Bonchev–Trinajstić information content (AvgIpc) is 2.12. The first-order valence-electron chi connectivity index (χ1n) is 5.72. The number of nitrogens with two attached hydrogens (primary N) is 1. The van der Waals surface area contributed by atoms with Gasteiger partial charge in [-0.1, -0.05) is 32.4 Å². The van der Waals surface area contributed by atoms with Crippen LogP contribution < -0.4 is 5.73 Å². The van der Waals surface area contributed by atoms with Crippen molar-refractivity contribution in [2.75, 3.05) is 19.6 Å². The highest BCUT2D eigenvalue weighted by molar-refractivity contribution is 4.91. The fourth-order valence-corrected chi connectivity index (χ4v) is 1.59. The van der Waals surface area contributed by atoms with Gasteiger partial charge in [0.25, 0.3) is 0 Å². The zero-order chi connectivity index (χ0) is 11.0. The largest absolute Gasteiger partial charge is 0.328 e. The minimum absolute atomic E-state index is 0.374. The highest BCUT2D eigenvalue weighted by Crippen LogP contribution is 2.02. The molecule has 1 atom stereocenters. The monoisotopic (exact) mass is 198 g/mol. The van der Waals surface area contributed by atoms with Crippen LogP contribution in [0.5, 0.6) is 0 Å². The van der Waals surface area contributed by atoms with Crippen LogP contribution in [0.15, 0.2) is 12.2 Å². The van der Waals surface area contributed by atoms with E-state index in [1.807, 2.05) is 0 Å². The maximum Gasteiger partial charge on any atom is 0.0187 e. The second-order valence-electron chi connectivity index (χ2n) is 4.16. The number of hydrogen-bond donors (Lipinski definition) is 1. The molecule has 0 aliphatic carbocycles. The molecule has 0 amide bonds. The molecule has 0 bridgehead atoms. The van der Waals surface area contributed by atoms with Gasteiger partial charge in [0.15, 0.2) is 0 Å². The molecule has 0 heterocycles. The molecule has 0 aliphatic rings. The van der Waals surface area contributed by atoms with Crippen LogP contribution in [0.25, 0.3) is 0 Å². The van der Waals surface area contributed by atoms with Crippen LogP contribution in [0.2, 0.25) is 0 Å². The highest BCUT2D eigenvalue weighted by atomic mass is 15.1. The summed E-state index contributed by atoms with van der Waals surface area (Å²) < 4.78 is 0. The van der Waals surface area contributed by atoms with Gasteiger partial charge in [-0.2, -0.15) is 0 Å². The fourth-order valence-electron chi connectivity index (χ4n) is 1.59. The molecule has 0 radical (unpaired) electrons. The number of nitrogens with zero attached hydrogens (tertiary/aromatic N) is 1. The summed E-state index contributed by atoms with van der Waals surface area (Å²) in [6, 6.07) is 0.374. The predicted octanol–water partition coefficient (Wildman–Crippen LogP) is 2.40. The maximum absolute atomic E-state index is 5.97. The van der Waals surface area contributed by atoms with E-state index in [4.69, 9.17) is 5.73 Å². The Morgan fingerprint density at radius 3 is 2.43 bits per heavy atom. The lowest BCUT2D eigenvalue weighted by Gasteiger charge is -2.22. The van der Waals surface area contributed by atoms with Crippen molar-refractivity contribution in [3.05, 3.63) is 12.2 Å². The van der Waals surface area contributed by atoms with E-state index in [-0.39, 0.29) is 0 Å². The van der Waals surface area contributed by atoms with Crippen LogP contribution in [-0.2, 0) is 0 Å². The lowest BCUT2D eigenvalue weighted by atomic mass is 10.1. The van der Waals surface area contributed by atoms with Crippen molar-refractivity contribution in [1.29, 1.82) is 0 Å². The van der Waals surface area contributed by atoms with E-state index < -0.39 is 0 Å². The lowest BCUT2D eigenvalue weighted by molar-refractivity contribution is 0.295. The fraction of sp³-hybridized carbons (Fsp3) is 0.833. The van der Waals surface area contributed by atoms with Gasteiger partial charge in [-0.05, 0) is 32.9 Å². The first-order valence-corrected chi connectivity index (χ1v) is 5.72. The molecule has 2 heteroatoms. The van der Waals surface area contributed by atoms with Gasteiger partial charge in [-0.15, -0.1) is 0 Å². The van der Waals surface area contributed by atoms with E-state index in [0.29, 0.717) is 6.04 Å². The minimum Gasteiger partial charge on any atom is -0.328 e. The van der Waals surface area contributed by atoms with Gasteiger partial charge >= 0.3 is 0 Å². The van der Waals surface area contributed by atoms with Gasteiger partial charge < -0.3 is 5.73 Å². The first-order chi connectivity index (χ1) is 6.60. The van der Waals surface area contributed by atoms with Gasteiger partial charge in [0.05, 0.1) is 0 Å². The molecule has 0 aromatic carbocycles. The van der Waals surface area contributed by atoms with E-state index in [0.717, 1.165) is 32.5 Å². The molecule has 0 rings (SSSR count). The molecule has 0 spiro atoms. The number of hydrogen-bond acceptors (Lipinski definition) is 2. The van der Waals surface area contributed by atoms with Crippen molar-refractivity contribution in [3.8, 4) is 0 Å². The van der Waals surface area contributed by atoms with Crippen molar-refractivity contribution in [2.24, 2.45) is 5.73 Å². The van der Waals surface area contributed by atoms with Crippen molar-refractivity contribution in [1.82, 2.24) is 4.90 Å². The Morgan fingerprint density at radius 2 is 2.00 bits per heavy atom. The summed E-state index contributed by atoms with van der Waals surface area (Å²) in [6.45, 7) is 13.6. The summed E-state index contributed by atoms with van der Waals surface area (Å²) in [5.74, 6) is 0. The molecule has 2 N–H and O–H groups in total. The van der Waals surface area contributed by atoms with Crippen LogP contribution in [-0.4, -0.2) is 30.6 Å². The number of rotatable bonds is 8. The Morgan fingerprint density at radius 1 is 1.36 bits per heavy atom. The van der Waals surface area contributed by atoms with Crippen LogP contribution in [0, 0.1) is 0 Å². The molecule has 84 valence electrons. The van der Waals surface area contributed by atoms with Crippen LogP contribution in [0.1, 0.15) is 40.0 Å². The summed E-state index contributed by atoms with van der Waals surface area (Å²) in [5, 5.41) is 0. The van der Waals surface area contributed by atoms with Crippen molar-refractivity contribution in [2.45, 2.75) is 46.1 Å². The molecule has 0 fully saturated rings. The van der Waals surface area contributed by atoms with Gasteiger partial charge in [0.1, 0.15) is 0 Å². The van der Waals surface area contributed by atoms with Crippen molar-refractivity contribution >= 4 is 0 Å². The molecule has 0 aliphatic heterocycles. The zero-order valence-electron chi connectivity index (χ0n) is 10.1. The van der Waals surface area contributed by atoms with E-state index in [9.17, 15) is 0 Å². The summed E-state index contributed by atoms with van der Waals surface area (Å²) in [6.07, 6.45) is 3.44. The molecule has 0 aromatic heterocycles. The highest BCUT2D eigenvalue weighted by Gasteiger charge is 2.05. The molecule has 1 unspecified atom stereocenters. The third-order valence-corrected chi connectivity index (χ3v) is 2.42. The molecule has 0 saturated heterocycles.